The van der Waals surface area contributed by atoms with Crippen LogP contribution >= 0.6 is 11.8 Å². The van der Waals surface area contributed by atoms with Crippen LogP contribution in [0.15, 0.2) is 41.3 Å². The summed E-state index contributed by atoms with van der Waals surface area (Å²) in [7, 11) is 1.95. The molecule has 1 nitrogen and oxygen atoms in total. The van der Waals surface area contributed by atoms with Crippen molar-refractivity contribution in [3.63, 3.8) is 0 Å². The average Bonchev–Trinajstić information content (AvgIpc) is 2.17. The van der Waals surface area contributed by atoms with Crippen LogP contribution in [-0.4, -0.2) is 19.3 Å². The van der Waals surface area contributed by atoms with Gasteiger partial charge in [0.1, 0.15) is 0 Å². The Labute approximate surface area is 90.6 Å². The first-order valence-corrected chi connectivity index (χ1v) is 5.71. The molecule has 0 bridgehead atoms. The Balaban J connectivity index is 2.38. The van der Waals surface area contributed by atoms with Crippen molar-refractivity contribution in [1.82, 2.24) is 5.32 Å². The summed E-state index contributed by atoms with van der Waals surface area (Å²) in [6.45, 7) is 7.00. The minimum atomic E-state index is 0.902. The number of benzene rings is 1. The van der Waals surface area contributed by atoms with Crippen molar-refractivity contribution >= 4 is 11.8 Å². The molecule has 1 rings (SSSR count). The van der Waals surface area contributed by atoms with Gasteiger partial charge in [-0.05, 0) is 26.1 Å². The summed E-state index contributed by atoms with van der Waals surface area (Å²) in [6.07, 6.45) is 0. The standard InChI is InChI=1S/C12H17NS/c1-10-4-6-12(7-5-10)14-9-11(2)8-13-3/h4-7,13H,2,8-9H2,1,3H3. The van der Waals surface area contributed by atoms with Crippen LogP contribution in [0.5, 0.6) is 0 Å². The van der Waals surface area contributed by atoms with Crippen molar-refractivity contribution in [2.45, 2.75) is 11.8 Å². The molecule has 0 radical (unpaired) electrons. The molecule has 0 aromatic heterocycles. The fourth-order valence-electron chi connectivity index (χ4n) is 1.12. The molecule has 76 valence electrons. The largest absolute Gasteiger partial charge is 0.316 e. The van der Waals surface area contributed by atoms with Crippen LogP contribution in [-0.2, 0) is 0 Å². The SMILES string of the molecule is C=C(CNC)CSc1ccc(C)cc1. The molecular weight excluding hydrogens is 190 g/mol. The van der Waals surface area contributed by atoms with Gasteiger partial charge in [0.05, 0.1) is 0 Å². The lowest BCUT2D eigenvalue weighted by Gasteiger charge is -2.04. The molecule has 0 unspecified atom stereocenters. The van der Waals surface area contributed by atoms with Crippen LogP contribution < -0.4 is 5.32 Å². The molecule has 0 saturated heterocycles. The molecule has 2 heteroatoms. The molecular formula is C12H17NS. The van der Waals surface area contributed by atoms with E-state index in [1.807, 2.05) is 18.8 Å². The second-order valence-corrected chi connectivity index (χ2v) is 4.43. The van der Waals surface area contributed by atoms with Gasteiger partial charge in [-0.2, -0.15) is 0 Å². The number of hydrogen-bond acceptors (Lipinski definition) is 2. The van der Waals surface area contributed by atoms with Crippen LogP contribution in [0, 0.1) is 6.92 Å². The molecule has 0 aliphatic carbocycles. The topological polar surface area (TPSA) is 12.0 Å². The monoisotopic (exact) mass is 207 g/mol. The number of nitrogens with one attached hydrogen (secondary N) is 1. The maximum atomic E-state index is 3.99. The fraction of sp³-hybridized carbons (Fsp3) is 0.333. The van der Waals surface area contributed by atoms with Gasteiger partial charge in [0, 0.05) is 17.2 Å². The maximum absolute atomic E-state index is 3.99. The lowest BCUT2D eigenvalue weighted by molar-refractivity contribution is 0.885. The minimum Gasteiger partial charge on any atom is -0.316 e. The molecule has 0 spiro atoms. The second-order valence-electron chi connectivity index (χ2n) is 3.38. The molecule has 1 aromatic carbocycles. The van der Waals surface area contributed by atoms with E-state index in [0.29, 0.717) is 0 Å². The van der Waals surface area contributed by atoms with Crippen molar-refractivity contribution in [2.24, 2.45) is 0 Å². The molecule has 0 saturated carbocycles. The van der Waals surface area contributed by atoms with E-state index in [2.05, 4.69) is 43.1 Å². The molecule has 14 heavy (non-hydrogen) atoms. The lowest BCUT2D eigenvalue weighted by Crippen LogP contribution is -2.10. The predicted octanol–water partition coefficient (Wildman–Crippen LogP) is 2.86. The van der Waals surface area contributed by atoms with Crippen LogP contribution in [0.1, 0.15) is 5.56 Å². The molecule has 0 atom stereocenters. The van der Waals surface area contributed by atoms with Gasteiger partial charge in [0.2, 0.25) is 0 Å². The zero-order valence-electron chi connectivity index (χ0n) is 8.84. The number of aryl methyl sites for hydroxylation is 1. The first kappa shape index (κ1) is 11.3. The number of hydrogen-bond donors (Lipinski definition) is 1. The highest BCUT2D eigenvalue weighted by molar-refractivity contribution is 7.99. The summed E-state index contributed by atoms with van der Waals surface area (Å²) >= 11 is 1.84. The van der Waals surface area contributed by atoms with Gasteiger partial charge in [0.25, 0.3) is 0 Å². The minimum absolute atomic E-state index is 0.902. The fourth-order valence-corrected chi connectivity index (χ4v) is 1.92. The molecule has 0 aliphatic heterocycles. The first-order valence-electron chi connectivity index (χ1n) is 4.73. The Kier molecular flexibility index (Phi) is 4.77. The van der Waals surface area contributed by atoms with Crippen molar-refractivity contribution in [2.75, 3.05) is 19.3 Å². The van der Waals surface area contributed by atoms with Gasteiger partial charge < -0.3 is 5.32 Å². The van der Waals surface area contributed by atoms with E-state index in [1.54, 1.807) is 0 Å². The maximum Gasteiger partial charge on any atom is 0.0200 e. The van der Waals surface area contributed by atoms with E-state index in [-0.39, 0.29) is 0 Å². The van der Waals surface area contributed by atoms with E-state index >= 15 is 0 Å². The predicted molar refractivity (Wildman–Crippen MR) is 65.0 cm³/mol. The Hall–Kier alpha value is -0.730. The number of likely N-dealkylation sites (N-methyl/N-ethyl adjacent to an activating group) is 1. The quantitative estimate of drug-likeness (QED) is 0.588. The number of thioether (sulfide) groups is 1. The van der Waals surface area contributed by atoms with Gasteiger partial charge in [-0.1, -0.05) is 29.8 Å². The van der Waals surface area contributed by atoms with Crippen LogP contribution in [0.2, 0.25) is 0 Å². The summed E-state index contributed by atoms with van der Waals surface area (Å²) < 4.78 is 0. The van der Waals surface area contributed by atoms with Gasteiger partial charge in [-0.3, -0.25) is 0 Å². The van der Waals surface area contributed by atoms with E-state index < -0.39 is 0 Å². The summed E-state index contributed by atoms with van der Waals surface area (Å²) in [6, 6.07) is 8.60. The highest BCUT2D eigenvalue weighted by atomic mass is 32.2. The zero-order valence-corrected chi connectivity index (χ0v) is 9.66. The normalized spacial score (nSPS) is 10.1. The number of rotatable bonds is 5. The third-order valence-electron chi connectivity index (χ3n) is 1.89. The molecule has 1 N–H and O–H groups in total. The average molecular weight is 207 g/mol. The van der Waals surface area contributed by atoms with Crippen LogP contribution in [0.3, 0.4) is 0 Å². The van der Waals surface area contributed by atoms with E-state index in [0.717, 1.165) is 12.3 Å². The van der Waals surface area contributed by atoms with E-state index in [1.165, 1.54) is 16.0 Å². The highest BCUT2D eigenvalue weighted by Gasteiger charge is 1.96. The van der Waals surface area contributed by atoms with Gasteiger partial charge in [-0.25, -0.2) is 0 Å². The van der Waals surface area contributed by atoms with Crippen molar-refractivity contribution in [3.05, 3.63) is 42.0 Å². The third-order valence-corrected chi connectivity index (χ3v) is 3.05. The molecule has 0 amide bonds. The van der Waals surface area contributed by atoms with Crippen molar-refractivity contribution < 1.29 is 0 Å². The molecule has 0 heterocycles. The van der Waals surface area contributed by atoms with Crippen molar-refractivity contribution in [3.8, 4) is 0 Å². The first-order chi connectivity index (χ1) is 6.72. The summed E-state index contributed by atoms with van der Waals surface area (Å²) in [5, 5.41) is 3.10. The molecule has 0 aliphatic rings. The molecule has 1 aromatic rings. The summed E-state index contributed by atoms with van der Waals surface area (Å²) in [4.78, 5) is 1.31. The zero-order chi connectivity index (χ0) is 10.4. The third kappa shape index (κ3) is 3.99. The second kappa shape index (κ2) is 5.89. The van der Waals surface area contributed by atoms with Gasteiger partial charge >= 0.3 is 0 Å². The summed E-state index contributed by atoms with van der Waals surface area (Å²) in [5.41, 5.74) is 2.54. The Bertz CT molecular complexity index is 290. The smallest absolute Gasteiger partial charge is 0.0200 e. The van der Waals surface area contributed by atoms with Gasteiger partial charge in [0.15, 0.2) is 0 Å². The van der Waals surface area contributed by atoms with E-state index in [9.17, 15) is 0 Å². The van der Waals surface area contributed by atoms with Gasteiger partial charge in [-0.15, -0.1) is 11.8 Å². The highest BCUT2D eigenvalue weighted by Crippen LogP contribution is 2.19. The van der Waals surface area contributed by atoms with E-state index in [4.69, 9.17) is 0 Å². The molecule has 0 fully saturated rings. The van der Waals surface area contributed by atoms with Crippen LogP contribution in [0.25, 0.3) is 0 Å². The Morgan fingerprint density at radius 3 is 2.57 bits per heavy atom. The Morgan fingerprint density at radius 2 is 2.00 bits per heavy atom. The lowest BCUT2D eigenvalue weighted by atomic mass is 10.2. The Morgan fingerprint density at radius 1 is 1.36 bits per heavy atom. The van der Waals surface area contributed by atoms with Crippen LogP contribution in [0.4, 0.5) is 0 Å². The summed E-state index contributed by atoms with van der Waals surface area (Å²) in [5.74, 6) is 0.990. The van der Waals surface area contributed by atoms with Crippen molar-refractivity contribution in [1.29, 1.82) is 0 Å².